The third kappa shape index (κ3) is 3.27. The minimum atomic E-state index is -0.290. The third-order valence-corrected chi connectivity index (χ3v) is 3.66. The second-order valence-electron chi connectivity index (χ2n) is 4.26. The van der Waals surface area contributed by atoms with Gasteiger partial charge in [-0.1, -0.05) is 5.16 Å². The van der Waals surface area contributed by atoms with Crippen LogP contribution in [0.1, 0.15) is 24.5 Å². The van der Waals surface area contributed by atoms with Gasteiger partial charge in [0.1, 0.15) is 17.0 Å². The highest BCUT2D eigenvalue weighted by molar-refractivity contribution is 7.80. The lowest BCUT2D eigenvalue weighted by Gasteiger charge is -2.25. The van der Waals surface area contributed by atoms with Gasteiger partial charge in [0.25, 0.3) is 0 Å². The number of aromatic nitrogens is 2. The van der Waals surface area contributed by atoms with Crippen LogP contribution in [0.15, 0.2) is 28.4 Å². The van der Waals surface area contributed by atoms with Crippen LogP contribution in [0.2, 0.25) is 0 Å². The molecule has 0 radical (unpaired) electrons. The maximum Gasteiger partial charge on any atom is 0.167 e. The quantitative estimate of drug-likeness (QED) is 0.837. The summed E-state index contributed by atoms with van der Waals surface area (Å²) in [6.07, 6.45) is 3.32. The molecule has 18 heavy (non-hydrogen) atoms. The van der Waals surface area contributed by atoms with Gasteiger partial charge < -0.3 is 15.2 Å². The highest BCUT2D eigenvalue weighted by atomic mass is 32.1. The van der Waals surface area contributed by atoms with Crippen molar-refractivity contribution >= 4 is 28.7 Å². The molecule has 0 amide bonds. The summed E-state index contributed by atoms with van der Waals surface area (Å²) >= 11 is 6.84. The highest BCUT2D eigenvalue weighted by Crippen LogP contribution is 2.21. The zero-order valence-electron chi connectivity index (χ0n) is 10.1. The van der Waals surface area contributed by atoms with Crippen LogP contribution in [-0.2, 0) is 12.1 Å². The summed E-state index contributed by atoms with van der Waals surface area (Å²) in [5.41, 5.74) is 0.522. The highest BCUT2D eigenvalue weighted by Gasteiger charge is 2.23. The second kappa shape index (κ2) is 5.45. The van der Waals surface area contributed by atoms with E-state index in [1.165, 1.54) is 6.26 Å². The van der Waals surface area contributed by atoms with Crippen LogP contribution in [0.5, 0.6) is 0 Å². The Hall–Kier alpha value is -1.47. The van der Waals surface area contributed by atoms with E-state index in [0.29, 0.717) is 11.7 Å². The number of nitrogens with one attached hydrogen (secondary N) is 2. The molecular weight excluding hydrogens is 268 g/mol. The zero-order chi connectivity index (χ0) is 13.0. The topological polar surface area (TPSA) is 63.0 Å². The molecule has 7 heteroatoms. The van der Waals surface area contributed by atoms with Gasteiger partial charge in [-0.3, -0.25) is 0 Å². The maximum absolute atomic E-state index is 5.25. The molecule has 2 rings (SSSR count). The zero-order valence-corrected chi connectivity index (χ0v) is 11.8. The number of hydrogen-bond donors (Lipinski definition) is 2. The van der Waals surface area contributed by atoms with Crippen molar-refractivity contribution in [2.45, 2.75) is 25.9 Å². The molecule has 96 valence electrons. The van der Waals surface area contributed by atoms with E-state index in [0.717, 1.165) is 10.7 Å². The molecule has 2 aromatic heterocycles. The van der Waals surface area contributed by atoms with E-state index in [1.54, 1.807) is 23.6 Å². The summed E-state index contributed by atoms with van der Waals surface area (Å²) in [5.74, 6) is 0. The minimum absolute atomic E-state index is 0.290. The van der Waals surface area contributed by atoms with Gasteiger partial charge in [-0.05, 0) is 26.1 Å². The van der Waals surface area contributed by atoms with Crippen molar-refractivity contribution in [1.82, 2.24) is 20.8 Å². The lowest BCUT2D eigenvalue weighted by atomic mass is 10.1. The van der Waals surface area contributed by atoms with Gasteiger partial charge in [0.15, 0.2) is 5.11 Å². The summed E-state index contributed by atoms with van der Waals surface area (Å²) in [6, 6.07) is 1.79. The summed E-state index contributed by atoms with van der Waals surface area (Å²) in [5, 5.41) is 13.6. The van der Waals surface area contributed by atoms with Crippen LogP contribution >= 0.6 is 23.6 Å². The average Bonchev–Trinajstić information content (AvgIpc) is 2.99. The molecule has 0 aliphatic carbocycles. The Morgan fingerprint density at radius 2 is 2.39 bits per heavy atom. The Labute approximate surface area is 115 Å². The predicted octanol–water partition coefficient (Wildman–Crippen LogP) is 2.03. The van der Waals surface area contributed by atoms with Crippen LogP contribution in [0.4, 0.5) is 0 Å². The van der Waals surface area contributed by atoms with E-state index in [2.05, 4.69) is 20.8 Å². The summed E-state index contributed by atoms with van der Waals surface area (Å²) in [4.78, 5) is 4.29. The van der Waals surface area contributed by atoms with E-state index in [4.69, 9.17) is 16.7 Å². The molecule has 0 fully saturated rings. The van der Waals surface area contributed by atoms with E-state index in [9.17, 15) is 0 Å². The Morgan fingerprint density at radius 1 is 1.56 bits per heavy atom. The van der Waals surface area contributed by atoms with E-state index in [-0.39, 0.29) is 5.54 Å². The molecule has 0 saturated heterocycles. The van der Waals surface area contributed by atoms with Crippen molar-refractivity contribution in [1.29, 1.82) is 0 Å². The van der Waals surface area contributed by atoms with Gasteiger partial charge in [-0.15, -0.1) is 11.3 Å². The summed E-state index contributed by atoms with van der Waals surface area (Å²) in [6.45, 7) is 4.61. The first-order valence-corrected chi connectivity index (χ1v) is 6.72. The molecule has 0 bridgehead atoms. The average molecular weight is 282 g/mol. The van der Waals surface area contributed by atoms with Crippen molar-refractivity contribution in [2.24, 2.45) is 0 Å². The standard InChI is InChI=1S/C11H14N4OS2/c1-11(2,9-12-4-6-18-9)14-10(17)13-7-8-3-5-16-15-8/h3-6H,7H2,1-2H3,(H2,13,14,17). The smallest absolute Gasteiger partial charge is 0.167 e. The SMILES string of the molecule is CC(C)(NC(=S)NCc1ccon1)c1nccs1. The van der Waals surface area contributed by atoms with Gasteiger partial charge in [-0.25, -0.2) is 4.98 Å². The van der Waals surface area contributed by atoms with Gasteiger partial charge in [0, 0.05) is 17.6 Å². The maximum atomic E-state index is 5.25. The monoisotopic (exact) mass is 282 g/mol. The van der Waals surface area contributed by atoms with E-state index in [1.807, 2.05) is 19.2 Å². The van der Waals surface area contributed by atoms with E-state index >= 15 is 0 Å². The molecule has 0 spiro atoms. The number of thiocarbonyl (C=S) groups is 1. The largest absolute Gasteiger partial charge is 0.364 e. The minimum Gasteiger partial charge on any atom is -0.364 e. The molecule has 0 saturated carbocycles. The number of rotatable bonds is 4. The molecule has 0 unspecified atom stereocenters. The van der Waals surface area contributed by atoms with Gasteiger partial charge in [0.05, 0.1) is 12.1 Å². The van der Waals surface area contributed by atoms with Crippen LogP contribution in [0, 0.1) is 0 Å². The molecule has 5 nitrogen and oxygen atoms in total. The Bertz CT molecular complexity index is 493. The lowest BCUT2D eigenvalue weighted by Crippen LogP contribution is -2.46. The first-order valence-electron chi connectivity index (χ1n) is 5.43. The number of nitrogens with zero attached hydrogens (tertiary/aromatic N) is 2. The molecule has 2 aromatic rings. The van der Waals surface area contributed by atoms with Crippen molar-refractivity contribution in [2.75, 3.05) is 0 Å². The lowest BCUT2D eigenvalue weighted by molar-refractivity contribution is 0.410. The Kier molecular flexibility index (Phi) is 3.93. The first kappa shape index (κ1) is 13.0. The van der Waals surface area contributed by atoms with Crippen molar-refractivity contribution < 1.29 is 4.52 Å². The van der Waals surface area contributed by atoms with Gasteiger partial charge >= 0.3 is 0 Å². The summed E-state index contributed by atoms with van der Waals surface area (Å²) in [7, 11) is 0. The van der Waals surface area contributed by atoms with E-state index < -0.39 is 0 Å². The molecule has 2 heterocycles. The van der Waals surface area contributed by atoms with Gasteiger partial charge in [-0.2, -0.15) is 0 Å². The molecular formula is C11H14N4OS2. The molecule has 0 aliphatic heterocycles. The van der Waals surface area contributed by atoms with Crippen molar-refractivity contribution in [3.8, 4) is 0 Å². The van der Waals surface area contributed by atoms with Crippen LogP contribution in [-0.4, -0.2) is 15.3 Å². The third-order valence-electron chi connectivity index (χ3n) is 2.31. The van der Waals surface area contributed by atoms with Crippen molar-refractivity contribution in [3.63, 3.8) is 0 Å². The molecule has 2 N–H and O–H groups in total. The fourth-order valence-electron chi connectivity index (χ4n) is 1.41. The number of thiazole rings is 1. The second-order valence-corrected chi connectivity index (χ2v) is 5.56. The Morgan fingerprint density at radius 3 is 3.00 bits per heavy atom. The van der Waals surface area contributed by atoms with Gasteiger partial charge in [0.2, 0.25) is 0 Å². The first-order chi connectivity index (χ1) is 8.58. The normalized spacial score (nSPS) is 11.2. The summed E-state index contributed by atoms with van der Waals surface area (Å²) < 4.78 is 4.74. The van der Waals surface area contributed by atoms with Crippen LogP contribution in [0.25, 0.3) is 0 Å². The Balaban J connectivity index is 1.87. The predicted molar refractivity (Wildman–Crippen MR) is 74.2 cm³/mol. The number of hydrogen-bond acceptors (Lipinski definition) is 5. The molecule has 0 aliphatic rings. The molecule has 0 aromatic carbocycles. The van der Waals surface area contributed by atoms with Crippen LogP contribution in [0.3, 0.4) is 0 Å². The fourth-order valence-corrected chi connectivity index (χ4v) is 2.46. The fraction of sp³-hybridized carbons (Fsp3) is 0.364. The van der Waals surface area contributed by atoms with Crippen LogP contribution < -0.4 is 10.6 Å². The molecule has 0 atom stereocenters. The van der Waals surface area contributed by atoms with Crippen molar-refractivity contribution in [3.05, 3.63) is 34.6 Å².